The van der Waals surface area contributed by atoms with Crippen molar-refractivity contribution in [3.05, 3.63) is 48.0 Å². The van der Waals surface area contributed by atoms with Gasteiger partial charge in [0.2, 0.25) is 0 Å². The van der Waals surface area contributed by atoms with E-state index >= 15 is 0 Å². The second-order valence-corrected chi connectivity index (χ2v) is 9.58. The van der Waals surface area contributed by atoms with Crippen molar-refractivity contribution in [3.63, 3.8) is 0 Å². The summed E-state index contributed by atoms with van der Waals surface area (Å²) in [6, 6.07) is 7.91. The van der Waals surface area contributed by atoms with E-state index in [0.717, 1.165) is 12.8 Å². The minimum atomic E-state index is -0.560. The van der Waals surface area contributed by atoms with Crippen LogP contribution in [0.4, 0.5) is 9.18 Å². The maximum absolute atomic E-state index is 14.0. The molecule has 1 saturated heterocycles. The number of halogens is 1. The summed E-state index contributed by atoms with van der Waals surface area (Å²) in [6.07, 6.45) is 3.04. The lowest BCUT2D eigenvalue weighted by molar-refractivity contribution is 0.0123. The predicted molar refractivity (Wildman–Crippen MR) is 120 cm³/mol. The van der Waals surface area contributed by atoms with Gasteiger partial charge in [-0.1, -0.05) is 12.1 Å². The van der Waals surface area contributed by atoms with Crippen LogP contribution in [-0.2, 0) is 4.74 Å². The highest BCUT2D eigenvalue weighted by molar-refractivity contribution is 5.92. The predicted octanol–water partition coefficient (Wildman–Crippen LogP) is 4.51. The number of amides is 2. The molecule has 0 saturated carbocycles. The number of piperidine rings is 1. The van der Waals surface area contributed by atoms with Gasteiger partial charge in [-0.05, 0) is 71.6 Å². The van der Waals surface area contributed by atoms with Crippen molar-refractivity contribution in [2.24, 2.45) is 5.92 Å². The summed E-state index contributed by atoms with van der Waals surface area (Å²) < 4.78 is 21.0. The van der Waals surface area contributed by atoms with Gasteiger partial charge in [-0.3, -0.25) is 4.79 Å². The number of rotatable bonds is 5. The van der Waals surface area contributed by atoms with E-state index in [1.54, 1.807) is 40.3 Å². The van der Waals surface area contributed by atoms with Crippen molar-refractivity contribution >= 4 is 12.0 Å². The quantitative estimate of drug-likeness (QED) is 0.681. The number of para-hydroxylation sites is 1. The van der Waals surface area contributed by atoms with Crippen molar-refractivity contribution in [3.8, 4) is 5.69 Å². The van der Waals surface area contributed by atoms with E-state index in [0.29, 0.717) is 25.3 Å². The zero-order chi connectivity index (χ0) is 23.5. The second kappa shape index (κ2) is 9.71. The Kier molecular flexibility index (Phi) is 7.21. The molecular weight excluding hydrogens is 411 g/mol. The smallest absolute Gasteiger partial charge is 0.410 e. The molecule has 1 aromatic heterocycles. The minimum Gasteiger partial charge on any atom is -0.444 e. The van der Waals surface area contributed by atoms with Crippen molar-refractivity contribution in [2.75, 3.05) is 19.6 Å². The highest BCUT2D eigenvalue weighted by Gasteiger charge is 2.31. The molecule has 1 aliphatic rings. The fourth-order valence-corrected chi connectivity index (χ4v) is 3.87. The van der Waals surface area contributed by atoms with Gasteiger partial charge in [0.25, 0.3) is 5.91 Å². The molecule has 7 nitrogen and oxygen atoms in total. The number of carbonyl (C=O) groups excluding carboxylic acids is 2. The molecule has 2 amide bonds. The SMILES string of the molecule is CC(C)N(CC1CCCN(C(=O)c2ccn(-c3ccccc3F)n2)C1)C(=O)OC(C)(C)C. The first-order chi connectivity index (χ1) is 15.0. The van der Waals surface area contributed by atoms with Crippen molar-refractivity contribution in [2.45, 2.75) is 59.1 Å². The molecule has 1 fully saturated rings. The Balaban J connectivity index is 1.67. The molecule has 2 heterocycles. The number of hydrogen-bond donors (Lipinski definition) is 0. The molecule has 0 radical (unpaired) electrons. The summed E-state index contributed by atoms with van der Waals surface area (Å²) >= 11 is 0. The van der Waals surface area contributed by atoms with Gasteiger partial charge in [0.1, 0.15) is 17.1 Å². The van der Waals surface area contributed by atoms with Crippen LogP contribution in [0, 0.1) is 11.7 Å². The van der Waals surface area contributed by atoms with Crippen LogP contribution < -0.4 is 0 Å². The van der Waals surface area contributed by atoms with Crippen molar-refractivity contribution < 1.29 is 18.7 Å². The molecule has 1 aliphatic heterocycles. The molecule has 8 heteroatoms. The standard InChI is InChI=1S/C24H33FN4O3/c1-17(2)28(23(31)32-24(3,4)5)16-18-9-8-13-27(15-18)22(30)20-12-14-29(26-20)21-11-7-6-10-19(21)25/h6-7,10-12,14,17-18H,8-9,13,15-16H2,1-5H3. The molecule has 2 aromatic rings. The first kappa shape index (κ1) is 23.8. The van der Waals surface area contributed by atoms with Crippen molar-refractivity contribution in [1.29, 1.82) is 0 Å². The molecule has 32 heavy (non-hydrogen) atoms. The molecule has 0 bridgehead atoms. The van der Waals surface area contributed by atoms with Crippen LogP contribution in [0.3, 0.4) is 0 Å². The summed E-state index contributed by atoms with van der Waals surface area (Å²) in [7, 11) is 0. The lowest BCUT2D eigenvalue weighted by Crippen LogP contribution is -2.48. The first-order valence-corrected chi connectivity index (χ1v) is 11.1. The van der Waals surface area contributed by atoms with Gasteiger partial charge >= 0.3 is 6.09 Å². The Labute approximate surface area is 189 Å². The minimum absolute atomic E-state index is 0.00704. The van der Waals surface area contributed by atoms with Crippen LogP contribution in [0.5, 0.6) is 0 Å². The fraction of sp³-hybridized carbons (Fsp3) is 0.542. The molecule has 0 N–H and O–H groups in total. The molecule has 0 aliphatic carbocycles. The van der Waals surface area contributed by atoms with Gasteiger partial charge in [0.15, 0.2) is 5.69 Å². The van der Waals surface area contributed by atoms with Crippen LogP contribution in [-0.4, -0.2) is 62.9 Å². The lowest BCUT2D eigenvalue weighted by Gasteiger charge is -2.37. The summed E-state index contributed by atoms with van der Waals surface area (Å²) in [5, 5.41) is 4.30. The molecule has 0 spiro atoms. The van der Waals surface area contributed by atoms with E-state index in [2.05, 4.69) is 5.10 Å². The maximum Gasteiger partial charge on any atom is 0.410 e. The summed E-state index contributed by atoms with van der Waals surface area (Å²) in [6.45, 7) is 11.2. The van der Waals surface area contributed by atoms with E-state index < -0.39 is 11.4 Å². The van der Waals surface area contributed by atoms with E-state index in [1.807, 2.05) is 34.6 Å². The first-order valence-electron chi connectivity index (χ1n) is 11.1. The van der Waals surface area contributed by atoms with Crippen LogP contribution in [0.15, 0.2) is 36.5 Å². The number of likely N-dealkylation sites (tertiary alicyclic amines) is 1. The van der Waals surface area contributed by atoms with Crippen LogP contribution in [0.1, 0.15) is 57.9 Å². The average Bonchev–Trinajstić information content (AvgIpc) is 3.20. The maximum atomic E-state index is 14.0. The zero-order valence-electron chi connectivity index (χ0n) is 19.5. The zero-order valence-corrected chi connectivity index (χ0v) is 19.5. The number of aromatic nitrogens is 2. The molecule has 3 rings (SSSR count). The number of ether oxygens (including phenoxy) is 1. The Hall–Kier alpha value is -2.90. The van der Waals surface area contributed by atoms with Gasteiger partial charge in [-0.15, -0.1) is 0 Å². The second-order valence-electron chi connectivity index (χ2n) is 9.58. The summed E-state index contributed by atoms with van der Waals surface area (Å²) in [4.78, 5) is 29.2. The van der Waals surface area contributed by atoms with Gasteiger partial charge < -0.3 is 14.5 Å². The number of nitrogens with zero attached hydrogens (tertiary/aromatic N) is 4. The molecule has 174 valence electrons. The Morgan fingerprint density at radius 1 is 1.25 bits per heavy atom. The molecule has 1 unspecified atom stereocenters. The average molecular weight is 445 g/mol. The number of hydrogen-bond acceptors (Lipinski definition) is 4. The highest BCUT2D eigenvalue weighted by atomic mass is 19.1. The summed E-state index contributed by atoms with van der Waals surface area (Å²) in [5.41, 5.74) is 0.0188. The Bertz CT molecular complexity index is 951. The number of benzene rings is 1. The van der Waals surface area contributed by atoms with E-state index in [4.69, 9.17) is 4.74 Å². The topological polar surface area (TPSA) is 67.7 Å². The summed E-state index contributed by atoms with van der Waals surface area (Å²) in [5.74, 6) is -0.432. The van der Waals surface area contributed by atoms with E-state index in [1.165, 1.54) is 10.7 Å². The van der Waals surface area contributed by atoms with Crippen molar-refractivity contribution in [1.82, 2.24) is 19.6 Å². The van der Waals surface area contributed by atoms with Crippen LogP contribution >= 0.6 is 0 Å². The Morgan fingerprint density at radius 2 is 1.97 bits per heavy atom. The van der Waals surface area contributed by atoms with Crippen LogP contribution in [0.2, 0.25) is 0 Å². The highest BCUT2D eigenvalue weighted by Crippen LogP contribution is 2.22. The number of carbonyl (C=O) groups is 2. The van der Waals surface area contributed by atoms with Gasteiger partial charge in [-0.2, -0.15) is 5.10 Å². The Morgan fingerprint density at radius 3 is 2.62 bits per heavy atom. The largest absolute Gasteiger partial charge is 0.444 e. The monoisotopic (exact) mass is 444 g/mol. The van der Waals surface area contributed by atoms with E-state index in [-0.39, 0.29) is 29.7 Å². The van der Waals surface area contributed by atoms with Gasteiger partial charge in [0, 0.05) is 31.9 Å². The third kappa shape index (κ3) is 5.87. The molecular formula is C24H33FN4O3. The van der Waals surface area contributed by atoms with Gasteiger partial charge in [0.05, 0.1) is 0 Å². The lowest BCUT2D eigenvalue weighted by atomic mass is 9.96. The molecule has 1 atom stereocenters. The third-order valence-corrected chi connectivity index (χ3v) is 5.42. The van der Waals surface area contributed by atoms with E-state index in [9.17, 15) is 14.0 Å². The normalized spacial score (nSPS) is 16.8. The van der Waals surface area contributed by atoms with Gasteiger partial charge in [-0.25, -0.2) is 13.9 Å². The fourth-order valence-electron chi connectivity index (χ4n) is 3.87. The molecule has 1 aromatic carbocycles. The third-order valence-electron chi connectivity index (χ3n) is 5.42. The van der Waals surface area contributed by atoms with Crippen LogP contribution in [0.25, 0.3) is 5.69 Å².